The summed E-state index contributed by atoms with van der Waals surface area (Å²) in [6, 6.07) is 0. The molecule has 3 heterocycles. The summed E-state index contributed by atoms with van der Waals surface area (Å²) in [6.07, 6.45) is -2.28. The van der Waals surface area contributed by atoms with Gasteiger partial charge in [-0.15, -0.1) is 0 Å². The van der Waals surface area contributed by atoms with Gasteiger partial charge in [0.05, 0.1) is 45.4 Å². The summed E-state index contributed by atoms with van der Waals surface area (Å²) in [4.78, 5) is 42.6. The van der Waals surface area contributed by atoms with Crippen LogP contribution in [0.15, 0.2) is 0 Å². The third kappa shape index (κ3) is 12.1. The molecule has 15 heteroatoms. The molecule has 0 aliphatic carbocycles. The van der Waals surface area contributed by atoms with Crippen molar-refractivity contribution in [1.82, 2.24) is 14.7 Å². The van der Waals surface area contributed by atoms with Crippen LogP contribution in [-0.2, 0) is 42.6 Å². The molecular formula is C24H41N3O12. The van der Waals surface area contributed by atoms with Crippen LogP contribution in [0.25, 0.3) is 0 Å². The molecule has 3 saturated heterocycles. The predicted molar refractivity (Wildman–Crippen MR) is 132 cm³/mol. The van der Waals surface area contributed by atoms with Gasteiger partial charge in [0.1, 0.15) is 39.6 Å². The van der Waals surface area contributed by atoms with Gasteiger partial charge in [-0.2, -0.15) is 0 Å². The van der Waals surface area contributed by atoms with Crippen LogP contribution in [0.2, 0.25) is 0 Å². The zero-order valence-electron chi connectivity index (χ0n) is 22.7. The topological polar surface area (TPSA) is 144 Å². The number of rotatable bonds is 16. The predicted octanol–water partition coefficient (Wildman–Crippen LogP) is 0.712. The molecule has 3 rings (SSSR count). The molecule has 0 aromatic heterocycles. The molecule has 0 aromatic rings. The fourth-order valence-corrected chi connectivity index (χ4v) is 3.85. The number of carbonyl (C=O) groups is 3. The molecule has 0 radical (unpaired) electrons. The molecule has 3 fully saturated rings. The van der Waals surface area contributed by atoms with E-state index in [1.54, 1.807) is 6.92 Å². The normalized spacial score (nSPS) is 18.7. The van der Waals surface area contributed by atoms with E-state index in [4.69, 9.17) is 42.6 Å². The molecule has 0 atom stereocenters. The van der Waals surface area contributed by atoms with Gasteiger partial charge in [-0.05, 0) is 6.42 Å². The molecule has 3 aliphatic rings. The fourth-order valence-electron chi connectivity index (χ4n) is 3.85. The molecule has 0 unspecified atom stereocenters. The van der Waals surface area contributed by atoms with Crippen LogP contribution in [-0.4, -0.2) is 152 Å². The molecular weight excluding hydrogens is 522 g/mol. The maximum atomic E-state index is 12.2. The third-order valence-corrected chi connectivity index (χ3v) is 6.60. The summed E-state index contributed by atoms with van der Waals surface area (Å²) in [6.45, 7) is 8.86. The first kappa shape index (κ1) is 31.1. The summed E-state index contributed by atoms with van der Waals surface area (Å²) in [7, 11) is 0. The zero-order valence-corrected chi connectivity index (χ0v) is 22.7. The SMILES string of the molecule is CCC(COC(=O)OCCN1CCOC1)(COC(=O)OCCN1CCOC1)COC(=O)OCCN1CCOC1. The molecule has 0 aromatic carbocycles. The van der Waals surface area contributed by atoms with E-state index in [1.807, 2.05) is 14.7 Å². The summed E-state index contributed by atoms with van der Waals surface area (Å²) < 4.78 is 47.1. The number of hydrogen-bond donors (Lipinski definition) is 0. The van der Waals surface area contributed by atoms with E-state index in [-0.39, 0.29) is 39.6 Å². The van der Waals surface area contributed by atoms with Crippen LogP contribution >= 0.6 is 0 Å². The number of ether oxygens (including phenoxy) is 9. The zero-order chi connectivity index (χ0) is 27.8. The molecule has 15 nitrogen and oxygen atoms in total. The molecule has 0 bridgehead atoms. The lowest BCUT2D eigenvalue weighted by atomic mass is 9.88. The first-order valence-corrected chi connectivity index (χ1v) is 13.3. The Hall–Kier alpha value is -2.43. The lowest BCUT2D eigenvalue weighted by Crippen LogP contribution is -2.39. The Morgan fingerprint density at radius 1 is 0.590 bits per heavy atom. The van der Waals surface area contributed by atoms with E-state index >= 15 is 0 Å². The number of nitrogens with zero attached hydrogens (tertiary/aromatic N) is 3. The molecule has 224 valence electrons. The Morgan fingerprint density at radius 2 is 0.923 bits per heavy atom. The van der Waals surface area contributed by atoms with Crippen molar-refractivity contribution in [3.8, 4) is 0 Å². The Bertz CT molecular complexity index is 647. The van der Waals surface area contributed by atoms with E-state index in [0.717, 1.165) is 19.6 Å². The second-order valence-corrected chi connectivity index (χ2v) is 9.48. The first-order chi connectivity index (χ1) is 19.0. The van der Waals surface area contributed by atoms with Crippen molar-refractivity contribution in [2.24, 2.45) is 5.41 Å². The van der Waals surface area contributed by atoms with Crippen molar-refractivity contribution in [2.75, 3.05) is 119 Å². The monoisotopic (exact) mass is 563 g/mol. The maximum absolute atomic E-state index is 12.2. The standard InChI is InChI=1S/C24H41N3O12/c1-2-24(15-37-21(28)34-12-6-25-3-9-31-18-25,16-38-22(29)35-13-7-26-4-10-32-19-26)17-39-23(30)36-14-8-27-5-11-33-20-27/h2-20H2,1H3. The van der Waals surface area contributed by atoms with Crippen LogP contribution in [0.4, 0.5) is 14.4 Å². The Labute approximate surface area is 228 Å². The van der Waals surface area contributed by atoms with Crippen molar-refractivity contribution < 1.29 is 57.0 Å². The van der Waals surface area contributed by atoms with Gasteiger partial charge in [-0.25, -0.2) is 14.4 Å². The largest absolute Gasteiger partial charge is 0.508 e. The quantitative estimate of drug-likeness (QED) is 0.192. The molecule has 0 N–H and O–H groups in total. The highest BCUT2D eigenvalue weighted by atomic mass is 16.7. The van der Waals surface area contributed by atoms with Gasteiger partial charge in [-0.3, -0.25) is 14.7 Å². The summed E-state index contributed by atoms with van der Waals surface area (Å²) in [5.74, 6) is 0. The highest BCUT2D eigenvalue weighted by Crippen LogP contribution is 2.25. The van der Waals surface area contributed by atoms with Crippen LogP contribution in [0.5, 0.6) is 0 Å². The van der Waals surface area contributed by atoms with Gasteiger partial charge < -0.3 is 42.6 Å². The van der Waals surface area contributed by atoms with E-state index in [9.17, 15) is 14.4 Å². The minimum atomic E-state index is -1.04. The Kier molecular flexibility index (Phi) is 13.8. The molecule has 0 spiro atoms. The van der Waals surface area contributed by atoms with Crippen molar-refractivity contribution in [2.45, 2.75) is 13.3 Å². The summed E-state index contributed by atoms with van der Waals surface area (Å²) >= 11 is 0. The number of carbonyl (C=O) groups excluding carboxylic acids is 3. The van der Waals surface area contributed by atoms with Crippen molar-refractivity contribution in [3.05, 3.63) is 0 Å². The molecule has 0 saturated carbocycles. The molecule has 39 heavy (non-hydrogen) atoms. The second-order valence-electron chi connectivity index (χ2n) is 9.48. The van der Waals surface area contributed by atoms with Gasteiger partial charge in [-0.1, -0.05) is 6.92 Å². The summed E-state index contributed by atoms with van der Waals surface area (Å²) in [5, 5.41) is 0. The lowest BCUT2D eigenvalue weighted by Gasteiger charge is -2.30. The van der Waals surface area contributed by atoms with Gasteiger partial charge in [0.2, 0.25) is 0 Å². The van der Waals surface area contributed by atoms with E-state index in [2.05, 4.69) is 0 Å². The van der Waals surface area contributed by atoms with Gasteiger partial charge in [0.25, 0.3) is 0 Å². The first-order valence-electron chi connectivity index (χ1n) is 13.3. The average molecular weight is 564 g/mol. The van der Waals surface area contributed by atoms with E-state index in [0.29, 0.717) is 66.1 Å². The van der Waals surface area contributed by atoms with Gasteiger partial charge in [0.15, 0.2) is 0 Å². The van der Waals surface area contributed by atoms with Crippen molar-refractivity contribution in [3.63, 3.8) is 0 Å². The van der Waals surface area contributed by atoms with Crippen LogP contribution < -0.4 is 0 Å². The lowest BCUT2D eigenvalue weighted by molar-refractivity contribution is -0.0571. The highest BCUT2D eigenvalue weighted by molar-refractivity contribution is 5.61. The minimum Gasteiger partial charge on any atom is -0.433 e. The molecule has 0 amide bonds. The fraction of sp³-hybridized carbons (Fsp3) is 0.875. The number of hydrogen-bond acceptors (Lipinski definition) is 15. The highest BCUT2D eigenvalue weighted by Gasteiger charge is 2.35. The summed E-state index contributed by atoms with van der Waals surface area (Å²) in [5.41, 5.74) is -1.04. The van der Waals surface area contributed by atoms with E-state index < -0.39 is 23.9 Å². The van der Waals surface area contributed by atoms with Gasteiger partial charge >= 0.3 is 18.5 Å². The minimum absolute atomic E-state index is 0.136. The van der Waals surface area contributed by atoms with Crippen LogP contribution in [0.3, 0.4) is 0 Å². The average Bonchev–Trinajstić information content (AvgIpc) is 3.73. The van der Waals surface area contributed by atoms with Crippen molar-refractivity contribution in [1.29, 1.82) is 0 Å². The maximum Gasteiger partial charge on any atom is 0.508 e. The van der Waals surface area contributed by atoms with E-state index in [1.165, 1.54) is 0 Å². The van der Waals surface area contributed by atoms with Gasteiger partial charge in [0, 0.05) is 39.3 Å². The Balaban J connectivity index is 1.43. The molecule has 3 aliphatic heterocycles. The third-order valence-electron chi connectivity index (χ3n) is 6.60. The smallest absolute Gasteiger partial charge is 0.433 e. The van der Waals surface area contributed by atoms with Crippen LogP contribution in [0, 0.1) is 5.41 Å². The van der Waals surface area contributed by atoms with Crippen LogP contribution in [0.1, 0.15) is 13.3 Å². The Morgan fingerprint density at radius 3 is 1.18 bits per heavy atom. The second kappa shape index (κ2) is 17.3. The van der Waals surface area contributed by atoms with Crippen molar-refractivity contribution >= 4 is 18.5 Å².